The van der Waals surface area contributed by atoms with E-state index in [9.17, 15) is 0 Å². The van der Waals surface area contributed by atoms with Gasteiger partial charge in [-0.05, 0) is 5.16 Å². The molecule has 1 unspecified atom stereocenters. The highest BCUT2D eigenvalue weighted by Gasteiger charge is 2.36. The van der Waals surface area contributed by atoms with Gasteiger partial charge in [-0.25, -0.2) is 0 Å². The molecule has 0 saturated carbocycles. The highest BCUT2D eigenvalue weighted by atomic mass is 28.4. The van der Waals surface area contributed by atoms with Crippen molar-refractivity contribution in [1.29, 1.82) is 0 Å². The van der Waals surface area contributed by atoms with Gasteiger partial charge in [-0.15, -0.1) is 0 Å². The lowest BCUT2D eigenvalue weighted by Crippen LogP contribution is -2.59. The Hall–Kier alpha value is -1.13. The molecule has 18 heavy (non-hydrogen) atoms. The molecular formula is C16H20Si2. The normalized spacial score (nSPS) is 13.3. The Morgan fingerprint density at radius 2 is 1.22 bits per heavy atom. The van der Waals surface area contributed by atoms with E-state index in [1.54, 1.807) is 10.4 Å². The summed E-state index contributed by atoms with van der Waals surface area (Å²) in [4.78, 5) is 0. The third-order valence-electron chi connectivity index (χ3n) is 4.05. The van der Waals surface area contributed by atoms with Gasteiger partial charge in [-0.3, -0.25) is 0 Å². The third-order valence-corrected chi connectivity index (χ3v) is 12.3. The van der Waals surface area contributed by atoms with Gasteiger partial charge in [0.1, 0.15) is 8.07 Å². The first-order chi connectivity index (χ1) is 8.69. The van der Waals surface area contributed by atoms with E-state index in [0.717, 1.165) is 14.7 Å². The second-order valence-corrected chi connectivity index (χ2v) is 11.4. The summed E-state index contributed by atoms with van der Waals surface area (Å²) in [5, 5.41) is 3.89. The quantitative estimate of drug-likeness (QED) is 0.748. The molecule has 0 N–H and O–H groups in total. The largest absolute Gasteiger partial charge is 0.114 e. The Morgan fingerprint density at radius 1 is 0.833 bits per heavy atom. The molecule has 92 valence electrons. The highest BCUT2D eigenvalue weighted by Crippen LogP contribution is 2.20. The summed E-state index contributed by atoms with van der Waals surface area (Å²) in [6, 6.07) is 22.2. The van der Waals surface area contributed by atoms with E-state index < -0.39 is 8.07 Å². The van der Waals surface area contributed by atoms with E-state index in [2.05, 4.69) is 80.7 Å². The minimum Gasteiger partial charge on any atom is -0.0733 e. The van der Waals surface area contributed by atoms with Crippen LogP contribution in [0.4, 0.5) is 0 Å². The fourth-order valence-corrected chi connectivity index (χ4v) is 8.94. The van der Waals surface area contributed by atoms with E-state index in [-0.39, 0.29) is 0 Å². The Labute approximate surface area is 114 Å². The Bertz CT molecular complexity index is 439. The smallest absolute Gasteiger partial charge is 0.0733 e. The van der Waals surface area contributed by atoms with E-state index in [1.165, 1.54) is 0 Å². The molecule has 2 rings (SSSR count). The van der Waals surface area contributed by atoms with E-state index in [4.69, 9.17) is 0 Å². The molecule has 0 fully saturated rings. The summed E-state index contributed by atoms with van der Waals surface area (Å²) >= 11 is 0. The van der Waals surface area contributed by atoms with Crippen LogP contribution in [0.5, 0.6) is 0 Å². The number of rotatable bonds is 4. The summed E-state index contributed by atoms with van der Waals surface area (Å²) in [6.45, 7) is 7.27. The molecule has 0 nitrogen and oxygen atoms in total. The SMILES string of the molecule is C[Si]C(C)[Si](C)(c1ccccc1)c1ccccc1. The molecule has 0 heterocycles. The summed E-state index contributed by atoms with van der Waals surface area (Å²) in [5.74, 6) is 0. The van der Waals surface area contributed by atoms with Crippen LogP contribution in [0.1, 0.15) is 6.92 Å². The average Bonchev–Trinajstić information content (AvgIpc) is 2.47. The summed E-state index contributed by atoms with van der Waals surface area (Å²) in [6.07, 6.45) is 0. The second kappa shape index (κ2) is 5.68. The van der Waals surface area contributed by atoms with Crippen LogP contribution < -0.4 is 10.4 Å². The summed E-state index contributed by atoms with van der Waals surface area (Å²) < 4.78 is 0. The van der Waals surface area contributed by atoms with Crippen molar-refractivity contribution < 1.29 is 0 Å². The zero-order valence-electron chi connectivity index (χ0n) is 11.4. The zero-order chi connectivity index (χ0) is 13.0. The molecule has 0 aliphatic carbocycles. The first kappa shape index (κ1) is 13.3. The monoisotopic (exact) mass is 268 g/mol. The molecule has 0 spiro atoms. The van der Waals surface area contributed by atoms with E-state index in [1.807, 2.05) is 0 Å². The first-order valence-electron chi connectivity index (χ1n) is 6.48. The molecule has 0 amide bonds. The highest BCUT2D eigenvalue weighted by molar-refractivity contribution is 7.06. The maximum Gasteiger partial charge on any atom is 0.114 e. The van der Waals surface area contributed by atoms with Crippen molar-refractivity contribution in [2.45, 2.75) is 25.2 Å². The third kappa shape index (κ3) is 2.35. The van der Waals surface area contributed by atoms with Gasteiger partial charge in [-0.2, -0.15) is 0 Å². The molecule has 0 aliphatic rings. The molecule has 0 bridgehead atoms. The van der Waals surface area contributed by atoms with Gasteiger partial charge in [0.05, 0.1) is 0 Å². The van der Waals surface area contributed by atoms with Gasteiger partial charge in [-0.1, -0.05) is 91.1 Å². The van der Waals surface area contributed by atoms with Crippen LogP contribution in [0, 0.1) is 0 Å². The van der Waals surface area contributed by atoms with Gasteiger partial charge in [0.15, 0.2) is 0 Å². The van der Waals surface area contributed by atoms with Crippen LogP contribution in [0.3, 0.4) is 0 Å². The summed E-state index contributed by atoms with van der Waals surface area (Å²) in [7, 11) is -0.597. The fraction of sp³-hybridized carbons (Fsp3) is 0.250. The molecule has 2 aromatic rings. The minimum atomic E-state index is -1.59. The van der Waals surface area contributed by atoms with Gasteiger partial charge in [0.2, 0.25) is 0 Å². The summed E-state index contributed by atoms with van der Waals surface area (Å²) in [5.41, 5.74) is 0. The molecule has 0 saturated heterocycles. The Kier molecular flexibility index (Phi) is 4.20. The molecule has 2 aromatic carbocycles. The van der Waals surface area contributed by atoms with Crippen LogP contribution in [-0.4, -0.2) is 17.6 Å². The number of hydrogen-bond donors (Lipinski definition) is 0. The second-order valence-electron chi connectivity index (χ2n) is 4.94. The van der Waals surface area contributed by atoms with Crippen molar-refractivity contribution in [3.63, 3.8) is 0 Å². The lowest BCUT2D eigenvalue weighted by atomic mass is 10.4. The van der Waals surface area contributed by atoms with Gasteiger partial charge >= 0.3 is 0 Å². The lowest BCUT2D eigenvalue weighted by Gasteiger charge is -2.34. The topological polar surface area (TPSA) is 0 Å². The lowest BCUT2D eigenvalue weighted by molar-refractivity contribution is 1.26. The van der Waals surface area contributed by atoms with Crippen molar-refractivity contribution in [2.24, 2.45) is 0 Å². The van der Waals surface area contributed by atoms with E-state index >= 15 is 0 Å². The van der Waals surface area contributed by atoms with Crippen molar-refractivity contribution in [1.82, 2.24) is 0 Å². The molecule has 2 radical (unpaired) electrons. The van der Waals surface area contributed by atoms with Gasteiger partial charge < -0.3 is 0 Å². The van der Waals surface area contributed by atoms with Crippen molar-refractivity contribution in [3.8, 4) is 0 Å². The van der Waals surface area contributed by atoms with Crippen molar-refractivity contribution >= 4 is 28.0 Å². The first-order valence-corrected chi connectivity index (χ1v) is 10.6. The average molecular weight is 269 g/mol. The fourth-order valence-electron chi connectivity index (χ4n) is 2.52. The maximum atomic E-state index is 2.51. The van der Waals surface area contributed by atoms with Crippen LogP contribution in [0.25, 0.3) is 0 Å². The van der Waals surface area contributed by atoms with Crippen LogP contribution in [-0.2, 0) is 0 Å². The van der Waals surface area contributed by atoms with Crippen LogP contribution >= 0.6 is 0 Å². The Morgan fingerprint density at radius 3 is 1.56 bits per heavy atom. The van der Waals surface area contributed by atoms with E-state index in [0.29, 0.717) is 0 Å². The predicted octanol–water partition coefficient (Wildman–Crippen LogP) is 2.98. The molecular weight excluding hydrogens is 248 g/mol. The standard InChI is InChI=1S/C16H20Si2/c1-14(17-2)18(3,15-10-6-4-7-11-15)16-12-8-5-9-13-16/h4-14H,1-3H3. The molecule has 1 atom stereocenters. The predicted molar refractivity (Wildman–Crippen MR) is 84.8 cm³/mol. The molecule has 0 aliphatic heterocycles. The number of benzene rings is 2. The molecule has 2 heteroatoms. The van der Waals surface area contributed by atoms with Crippen LogP contribution in [0.2, 0.25) is 18.3 Å². The minimum absolute atomic E-state index is 0.780. The number of hydrogen-bond acceptors (Lipinski definition) is 0. The zero-order valence-corrected chi connectivity index (χ0v) is 13.4. The van der Waals surface area contributed by atoms with Crippen molar-refractivity contribution in [3.05, 3.63) is 60.7 Å². The van der Waals surface area contributed by atoms with Crippen molar-refractivity contribution in [2.75, 3.05) is 0 Å². The van der Waals surface area contributed by atoms with Gasteiger partial charge in [0.25, 0.3) is 0 Å². The van der Waals surface area contributed by atoms with Crippen LogP contribution in [0.15, 0.2) is 60.7 Å². The Balaban J connectivity index is 2.55. The van der Waals surface area contributed by atoms with Gasteiger partial charge in [0, 0.05) is 9.52 Å². The maximum absolute atomic E-state index is 2.51. The molecule has 0 aromatic heterocycles.